The van der Waals surface area contributed by atoms with E-state index in [4.69, 9.17) is 21.4 Å². The molecule has 0 radical (unpaired) electrons. The van der Waals surface area contributed by atoms with Gasteiger partial charge in [-0.05, 0) is 61.2 Å². The van der Waals surface area contributed by atoms with Crippen LogP contribution in [0, 0.1) is 0 Å². The van der Waals surface area contributed by atoms with E-state index in [0.29, 0.717) is 38.6 Å². The van der Waals surface area contributed by atoms with Gasteiger partial charge in [0.05, 0.1) is 23.3 Å². The summed E-state index contributed by atoms with van der Waals surface area (Å²) in [5.74, 6) is -0.603. The number of nitrogens with zero attached hydrogens (tertiary/aromatic N) is 2. The molecule has 0 atom stereocenters. The van der Waals surface area contributed by atoms with Crippen molar-refractivity contribution in [3.63, 3.8) is 0 Å². The van der Waals surface area contributed by atoms with E-state index in [1.807, 2.05) is 6.92 Å². The third-order valence-corrected chi connectivity index (χ3v) is 5.24. The van der Waals surface area contributed by atoms with Crippen LogP contribution in [-0.4, -0.2) is 40.7 Å². The first-order valence-electron chi connectivity index (χ1n) is 8.40. The molecule has 144 valence electrons. The maximum Gasteiger partial charge on any atom is 0.335 e. The van der Waals surface area contributed by atoms with E-state index in [9.17, 15) is 9.59 Å². The molecule has 8 heteroatoms. The van der Waals surface area contributed by atoms with Crippen LogP contribution in [0.2, 0.25) is 5.02 Å². The van der Waals surface area contributed by atoms with Crippen molar-refractivity contribution in [1.82, 2.24) is 4.90 Å². The number of hydrogen-bond acceptors (Lipinski definition) is 5. The average molecular weight is 417 g/mol. The van der Waals surface area contributed by atoms with Crippen molar-refractivity contribution in [2.24, 2.45) is 4.99 Å². The predicted molar refractivity (Wildman–Crippen MR) is 111 cm³/mol. The van der Waals surface area contributed by atoms with Gasteiger partial charge in [-0.15, -0.1) is 0 Å². The van der Waals surface area contributed by atoms with Crippen LogP contribution in [-0.2, 0) is 4.79 Å². The number of carbonyl (C=O) groups excluding carboxylic acids is 1. The number of hydrogen-bond donors (Lipinski definition) is 1. The smallest absolute Gasteiger partial charge is 0.335 e. The molecule has 1 aliphatic heterocycles. The van der Waals surface area contributed by atoms with Crippen molar-refractivity contribution in [2.75, 3.05) is 13.7 Å². The number of carbonyl (C=O) groups is 2. The van der Waals surface area contributed by atoms with Crippen LogP contribution >= 0.6 is 23.4 Å². The van der Waals surface area contributed by atoms with E-state index in [2.05, 4.69) is 4.99 Å². The standard InChI is InChI=1S/C20H17ClN2O4S/c1-3-23-18(24)17(11-13-9-14(21)7-8-16(13)27-2)28-20(23)22-15-6-4-5-12(10-15)19(25)26/h4-11H,3H2,1-2H3,(H,25,26)/b17-11+,22-20?. The lowest BCUT2D eigenvalue weighted by Crippen LogP contribution is -2.28. The van der Waals surface area contributed by atoms with E-state index in [1.54, 1.807) is 48.4 Å². The summed E-state index contributed by atoms with van der Waals surface area (Å²) in [7, 11) is 1.55. The number of likely N-dealkylation sites (N-methyl/N-ethyl adjacent to an activating group) is 1. The minimum absolute atomic E-state index is 0.138. The number of carboxylic acid groups (broad SMARTS) is 1. The van der Waals surface area contributed by atoms with Crippen molar-refractivity contribution in [2.45, 2.75) is 6.92 Å². The van der Waals surface area contributed by atoms with E-state index >= 15 is 0 Å². The lowest BCUT2D eigenvalue weighted by molar-refractivity contribution is -0.122. The van der Waals surface area contributed by atoms with E-state index < -0.39 is 5.97 Å². The fourth-order valence-corrected chi connectivity index (χ4v) is 3.88. The van der Waals surface area contributed by atoms with Crippen LogP contribution in [0.1, 0.15) is 22.8 Å². The molecule has 0 aromatic heterocycles. The molecule has 2 aromatic carbocycles. The number of ether oxygens (including phenoxy) is 1. The first kappa shape index (κ1) is 20.0. The minimum atomic E-state index is -1.03. The lowest BCUT2D eigenvalue weighted by atomic mass is 10.2. The zero-order chi connectivity index (χ0) is 20.3. The second-order valence-electron chi connectivity index (χ2n) is 5.80. The molecular weight excluding hydrogens is 400 g/mol. The summed E-state index contributed by atoms with van der Waals surface area (Å²) in [4.78, 5) is 30.4. The Labute approximate surface area is 171 Å². The van der Waals surface area contributed by atoms with Gasteiger partial charge < -0.3 is 9.84 Å². The molecule has 0 unspecified atom stereocenters. The number of amides is 1. The number of rotatable bonds is 5. The Hall–Kier alpha value is -2.77. The highest BCUT2D eigenvalue weighted by Gasteiger charge is 2.32. The van der Waals surface area contributed by atoms with Crippen molar-refractivity contribution in [3.8, 4) is 5.75 Å². The zero-order valence-corrected chi connectivity index (χ0v) is 16.8. The SMILES string of the molecule is CCN1C(=O)/C(=C\c2cc(Cl)ccc2OC)SC1=Nc1cccc(C(=O)O)c1. The van der Waals surface area contributed by atoms with Crippen molar-refractivity contribution < 1.29 is 19.4 Å². The topological polar surface area (TPSA) is 79.2 Å². The van der Waals surface area contributed by atoms with Gasteiger partial charge in [0, 0.05) is 17.1 Å². The van der Waals surface area contributed by atoms with E-state index in [0.717, 1.165) is 0 Å². The van der Waals surface area contributed by atoms with Crippen molar-refractivity contribution >= 4 is 52.2 Å². The van der Waals surface area contributed by atoms with Crippen molar-refractivity contribution in [1.29, 1.82) is 0 Å². The lowest BCUT2D eigenvalue weighted by Gasteiger charge is -2.12. The van der Waals surface area contributed by atoms with Crippen LogP contribution in [0.25, 0.3) is 6.08 Å². The summed E-state index contributed by atoms with van der Waals surface area (Å²) in [5, 5.41) is 10.2. The summed E-state index contributed by atoms with van der Waals surface area (Å²) in [6.45, 7) is 2.29. The Morgan fingerprint density at radius 3 is 2.79 bits per heavy atom. The highest BCUT2D eigenvalue weighted by Crippen LogP contribution is 2.36. The molecule has 1 amide bonds. The number of halogens is 1. The molecular formula is C20H17ClN2O4S. The minimum Gasteiger partial charge on any atom is -0.496 e. The van der Waals surface area contributed by atoms with Gasteiger partial charge in [0.25, 0.3) is 5.91 Å². The Balaban J connectivity index is 1.98. The van der Waals surface area contributed by atoms with E-state index in [-0.39, 0.29) is 11.5 Å². The number of amidine groups is 1. The Bertz CT molecular complexity index is 1000. The van der Waals surface area contributed by atoms with E-state index in [1.165, 1.54) is 23.9 Å². The maximum absolute atomic E-state index is 12.8. The third kappa shape index (κ3) is 4.21. The third-order valence-electron chi connectivity index (χ3n) is 4.00. The molecule has 6 nitrogen and oxygen atoms in total. The second kappa shape index (κ2) is 8.50. The van der Waals surface area contributed by atoms with Crippen molar-refractivity contribution in [3.05, 3.63) is 63.5 Å². The number of aliphatic imine (C=N–C) groups is 1. The van der Waals surface area contributed by atoms with Crippen LogP contribution in [0.4, 0.5) is 5.69 Å². The summed E-state index contributed by atoms with van der Waals surface area (Å²) >= 11 is 7.29. The number of benzene rings is 2. The molecule has 1 N–H and O–H groups in total. The average Bonchev–Trinajstić information content (AvgIpc) is 2.96. The molecule has 3 rings (SSSR count). The Kier molecular flexibility index (Phi) is 6.06. The van der Waals surface area contributed by atoms with Gasteiger partial charge in [-0.2, -0.15) is 0 Å². The Morgan fingerprint density at radius 2 is 2.11 bits per heavy atom. The largest absolute Gasteiger partial charge is 0.496 e. The first-order valence-corrected chi connectivity index (χ1v) is 9.59. The molecule has 0 spiro atoms. The highest BCUT2D eigenvalue weighted by atomic mass is 35.5. The molecule has 2 aromatic rings. The fraction of sp³-hybridized carbons (Fsp3) is 0.150. The van der Waals surface area contributed by atoms with Crippen LogP contribution in [0.15, 0.2) is 52.4 Å². The number of aromatic carboxylic acids is 1. The monoisotopic (exact) mass is 416 g/mol. The van der Waals surface area contributed by atoms with Gasteiger partial charge in [-0.3, -0.25) is 9.69 Å². The first-order chi connectivity index (χ1) is 13.4. The molecule has 1 fully saturated rings. The number of thioether (sulfide) groups is 1. The summed E-state index contributed by atoms with van der Waals surface area (Å²) < 4.78 is 5.33. The molecule has 0 bridgehead atoms. The van der Waals surface area contributed by atoms with Crippen LogP contribution in [0.3, 0.4) is 0 Å². The van der Waals surface area contributed by atoms with Crippen LogP contribution < -0.4 is 4.74 Å². The van der Waals surface area contributed by atoms with Gasteiger partial charge in [-0.25, -0.2) is 9.79 Å². The quantitative estimate of drug-likeness (QED) is 0.716. The fourth-order valence-electron chi connectivity index (χ4n) is 2.65. The van der Waals surface area contributed by atoms with Gasteiger partial charge in [0.15, 0.2) is 5.17 Å². The van der Waals surface area contributed by atoms with Gasteiger partial charge in [0.2, 0.25) is 0 Å². The predicted octanol–water partition coefficient (Wildman–Crippen LogP) is 4.67. The molecule has 0 aliphatic carbocycles. The molecule has 1 aliphatic rings. The molecule has 28 heavy (non-hydrogen) atoms. The highest BCUT2D eigenvalue weighted by molar-refractivity contribution is 8.18. The second-order valence-corrected chi connectivity index (χ2v) is 7.24. The molecule has 0 saturated carbocycles. The molecule has 1 saturated heterocycles. The normalized spacial score (nSPS) is 16.8. The zero-order valence-electron chi connectivity index (χ0n) is 15.2. The maximum atomic E-state index is 12.8. The van der Waals surface area contributed by atoms with Gasteiger partial charge >= 0.3 is 5.97 Å². The summed E-state index contributed by atoms with van der Waals surface area (Å²) in [5.41, 5.74) is 1.30. The number of carboxylic acids is 1. The van der Waals surface area contributed by atoms with Gasteiger partial charge in [-0.1, -0.05) is 17.7 Å². The summed E-state index contributed by atoms with van der Waals surface area (Å²) in [6.07, 6.45) is 1.72. The van der Waals surface area contributed by atoms with Gasteiger partial charge in [0.1, 0.15) is 5.75 Å². The summed E-state index contributed by atoms with van der Waals surface area (Å²) in [6, 6.07) is 11.5. The van der Waals surface area contributed by atoms with Crippen LogP contribution in [0.5, 0.6) is 5.75 Å². The molecule has 1 heterocycles. The number of methoxy groups -OCH3 is 1. The Morgan fingerprint density at radius 1 is 1.32 bits per heavy atom.